The largest absolute Gasteiger partial charge is 0.311 e. The minimum atomic E-state index is 1.07. The van der Waals surface area contributed by atoms with Crippen molar-refractivity contribution >= 4 is 68.2 Å². The molecule has 0 saturated carbocycles. The van der Waals surface area contributed by atoms with Crippen LogP contribution in [0.5, 0.6) is 0 Å². The van der Waals surface area contributed by atoms with Gasteiger partial charge >= 0.3 is 0 Å². The molecule has 9 aromatic rings. The van der Waals surface area contributed by atoms with Gasteiger partial charge < -0.3 is 19.6 Å². The third-order valence-electron chi connectivity index (χ3n) is 10.5. The summed E-state index contributed by atoms with van der Waals surface area (Å²) in [5.74, 6) is 0. The van der Waals surface area contributed by atoms with Crippen molar-refractivity contribution in [3.8, 4) is 0 Å². The summed E-state index contributed by atoms with van der Waals surface area (Å²) < 4.78 is 0. The second-order valence-corrected chi connectivity index (χ2v) is 14.4. The first-order valence-electron chi connectivity index (χ1n) is 20.0. The van der Waals surface area contributed by atoms with Crippen molar-refractivity contribution in [3.63, 3.8) is 0 Å². The lowest BCUT2D eigenvalue weighted by atomic mass is 10.1. The van der Waals surface area contributed by atoms with Crippen LogP contribution in [0.1, 0.15) is 5.56 Å². The van der Waals surface area contributed by atoms with E-state index >= 15 is 0 Å². The predicted octanol–water partition coefficient (Wildman–Crippen LogP) is 15.9. The van der Waals surface area contributed by atoms with Crippen LogP contribution in [0.25, 0.3) is 0 Å². The lowest BCUT2D eigenvalue weighted by molar-refractivity contribution is 1.22. The Kier molecular flexibility index (Phi) is 10.7. The van der Waals surface area contributed by atoms with Crippen LogP contribution in [-0.2, 0) is 0 Å². The summed E-state index contributed by atoms with van der Waals surface area (Å²) in [4.78, 5) is 9.27. The topological polar surface area (TPSA) is 13.0 Å². The average Bonchev–Trinajstić information content (AvgIpc) is 3.31. The van der Waals surface area contributed by atoms with Crippen LogP contribution in [0.4, 0.5) is 68.2 Å². The van der Waals surface area contributed by atoms with Gasteiger partial charge in [0.15, 0.2) is 0 Å². The second-order valence-electron chi connectivity index (χ2n) is 14.4. The first-order valence-corrected chi connectivity index (χ1v) is 20.0. The van der Waals surface area contributed by atoms with Crippen molar-refractivity contribution in [2.45, 2.75) is 6.92 Å². The summed E-state index contributed by atoms with van der Waals surface area (Å²) in [5.41, 5.74) is 14.3. The Balaban J connectivity index is 1.08. The number of para-hydroxylation sites is 6. The minimum absolute atomic E-state index is 1.07. The van der Waals surface area contributed by atoms with E-state index in [1.807, 2.05) is 0 Å². The molecule has 0 aliphatic carbocycles. The first kappa shape index (κ1) is 36.8. The summed E-state index contributed by atoms with van der Waals surface area (Å²) in [7, 11) is 0. The quantitative estimate of drug-likeness (QED) is 0.123. The van der Waals surface area contributed by atoms with Gasteiger partial charge in [-0.15, -0.1) is 0 Å². The van der Waals surface area contributed by atoms with Gasteiger partial charge in [-0.2, -0.15) is 0 Å². The van der Waals surface area contributed by atoms with Gasteiger partial charge in [0.25, 0.3) is 0 Å². The van der Waals surface area contributed by atoms with E-state index < -0.39 is 0 Å². The SMILES string of the molecule is Cc1cc(N(c2ccccc2)c2ccc(N(c3ccccc3)c3ccccc3)cc2)ccc1N(c1ccccc1)c1ccc(N(c2ccccc2)c2ccccc2)cc1. The zero-order chi connectivity index (χ0) is 39.8. The molecule has 0 fully saturated rings. The smallest absolute Gasteiger partial charge is 0.0492 e. The number of aryl methyl sites for hydroxylation is 1. The van der Waals surface area contributed by atoms with Gasteiger partial charge in [0.05, 0.1) is 0 Å². The monoisotopic (exact) mass is 760 g/mol. The Bertz CT molecular complexity index is 2610. The number of rotatable bonds is 12. The van der Waals surface area contributed by atoms with Crippen molar-refractivity contribution in [2.24, 2.45) is 0 Å². The third kappa shape index (κ3) is 7.93. The van der Waals surface area contributed by atoms with Gasteiger partial charge in [-0.3, -0.25) is 0 Å². The van der Waals surface area contributed by atoms with Gasteiger partial charge in [-0.25, -0.2) is 0 Å². The van der Waals surface area contributed by atoms with Crippen LogP contribution >= 0.6 is 0 Å². The molecule has 0 N–H and O–H groups in total. The molecule has 0 unspecified atom stereocenters. The van der Waals surface area contributed by atoms with Crippen LogP contribution in [0.3, 0.4) is 0 Å². The van der Waals surface area contributed by atoms with Crippen LogP contribution < -0.4 is 19.6 Å². The molecule has 4 nitrogen and oxygen atoms in total. The fourth-order valence-corrected chi connectivity index (χ4v) is 7.76. The summed E-state index contributed by atoms with van der Waals surface area (Å²) in [6.07, 6.45) is 0. The van der Waals surface area contributed by atoms with Crippen LogP contribution in [0.15, 0.2) is 249 Å². The molecule has 284 valence electrons. The van der Waals surface area contributed by atoms with Gasteiger partial charge in [0, 0.05) is 68.2 Å². The van der Waals surface area contributed by atoms with Gasteiger partial charge in [-0.05, 0) is 152 Å². The fraction of sp³-hybridized carbons (Fsp3) is 0.0182. The number of nitrogens with zero attached hydrogens (tertiary/aromatic N) is 4. The Morgan fingerprint density at radius 1 is 0.203 bits per heavy atom. The molecular weight excluding hydrogens is 717 g/mol. The molecule has 9 rings (SSSR count). The molecule has 0 atom stereocenters. The molecule has 0 heterocycles. The number of hydrogen-bond acceptors (Lipinski definition) is 4. The molecule has 0 aliphatic heterocycles. The first-order chi connectivity index (χ1) is 29.2. The van der Waals surface area contributed by atoms with Gasteiger partial charge in [0.2, 0.25) is 0 Å². The average molecular weight is 761 g/mol. The van der Waals surface area contributed by atoms with Crippen molar-refractivity contribution in [1.29, 1.82) is 0 Å². The number of anilines is 12. The molecular formula is C55H44N4. The van der Waals surface area contributed by atoms with Crippen LogP contribution in [-0.4, -0.2) is 0 Å². The highest BCUT2D eigenvalue weighted by molar-refractivity contribution is 5.85. The van der Waals surface area contributed by atoms with Gasteiger partial charge in [0.1, 0.15) is 0 Å². The molecule has 0 aromatic heterocycles. The maximum Gasteiger partial charge on any atom is 0.0492 e. The lowest BCUT2D eigenvalue weighted by Gasteiger charge is -2.31. The van der Waals surface area contributed by atoms with E-state index in [2.05, 4.69) is 275 Å². The highest BCUT2D eigenvalue weighted by Gasteiger charge is 2.20. The summed E-state index contributed by atoms with van der Waals surface area (Å²) >= 11 is 0. The summed E-state index contributed by atoms with van der Waals surface area (Å²) in [6, 6.07) is 87.9. The zero-order valence-electron chi connectivity index (χ0n) is 33.0. The molecule has 0 spiro atoms. The highest BCUT2D eigenvalue weighted by atomic mass is 15.2. The lowest BCUT2D eigenvalue weighted by Crippen LogP contribution is -2.14. The van der Waals surface area contributed by atoms with E-state index in [1.54, 1.807) is 0 Å². The standard InChI is InChI=1S/C55H44N4/c1-43-42-54(58(48-28-16-6-17-29-48)52-34-32-50(33-35-52)56(44-20-8-2-9-21-44)45-22-10-3-11-23-45)40-41-55(43)59(49-30-18-7-19-31-49)53-38-36-51(37-39-53)57(46-24-12-4-13-25-46)47-26-14-5-15-27-47/h2-42H,1H3. The summed E-state index contributed by atoms with van der Waals surface area (Å²) in [5, 5.41) is 0. The molecule has 0 aliphatic rings. The van der Waals surface area contributed by atoms with E-state index in [0.717, 1.165) is 73.8 Å². The maximum absolute atomic E-state index is 2.35. The number of benzene rings is 9. The van der Waals surface area contributed by atoms with E-state index in [0.29, 0.717) is 0 Å². The molecule has 0 bridgehead atoms. The van der Waals surface area contributed by atoms with E-state index in [9.17, 15) is 0 Å². The van der Waals surface area contributed by atoms with E-state index in [4.69, 9.17) is 0 Å². The Labute approximate surface area is 347 Å². The van der Waals surface area contributed by atoms with Crippen molar-refractivity contribution in [1.82, 2.24) is 0 Å². The Morgan fingerprint density at radius 3 is 0.678 bits per heavy atom. The molecule has 0 amide bonds. The van der Waals surface area contributed by atoms with Gasteiger partial charge in [-0.1, -0.05) is 109 Å². The molecule has 4 heteroatoms. The van der Waals surface area contributed by atoms with Crippen LogP contribution in [0.2, 0.25) is 0 Å². The normalized spacial score (nSPS) is 10.8. The van der Waals surface area contributed by atoms with Crippen molar-refractivity contribution in [2.75, 3.05) is 19.6 Å². The molecule has 0 radical (unpaired) electrons. The fourth-order valence-electron chi connectivity index (χ4n) is 7.76. The molecule has 9 aromatic carbocycles. The predicted molar refractivity (Wildman–Crippen MR) is 250 cm³/mol. The van der Waals surface area contributed by atoms with Crippen LogP contribution in [0, 0.1) is 6.92 Å². The highest BCUT2D eigenvalue weighted by Crippen LogP contribution is 2.43. The molecule has 0 saturated heterocycles. The minimum Gasteiger partial charge on any atom is -0.311 e. The Morgan fingerprint density at radius 2 is 0.407 bits per heavy atom. The maximum atomic E-state index is 2.35. The third-order valence-corrected chi connectivity index (χ3v) is 10.5. The second kappa shape index (κ2) is 17.1. The van der Waals surface area contributed by atoms with Crippen molar-refractivity contribution < 1.29 is 0 Å². The summed E-state index contributed by atoms with van der Waals surface area (Å²) in [6.45, 7) is 2.21. The molecule has 59 heavy (non-hydrogen) atoms. The Hall–Kier alpha value is -7.82. The van der Waals surface area contributed by atoms with Crippen molar-refractivity contribution in [3.05, 3.63) is 254 Å². The van der Waals surface area contributed by atoms with E-state index in [-0.39, 0.29) is 0 Å². The zero-order valence-corrected chi connectivity index (χ0v) is 33.0. The number of hydrogen-bond donors (Lipinski definition) is 0. The van der Waals surface area contributed by atoms with E-state index in [1.165, 1.54) is 0 Å².